The van der Waals surface area contributed by atoms with Gasteiger partial charge in [0.1, 0.15) is 0 Å². The van der Waals surface area contributed by atoms with Crippen LogP contribution in [-0.2, 0) is 22.5 Å². The molecule has 0 aromatic carbocycles. The molecule has 0 atom stereocenters. The maximum Gasteiger partial charge on any atom is 0.303 e. The molecule has 0 radical (unpaired) electrons. The molecule has 1 aromatic heterocycles. The molecule has 90 valence electrons. The number of aryl methyl sites for hydroxylation is 2. The van der Waals surface area contributed by atoms with E-state index in [9.17, 15) is 4.79 Å². The average molecular weight is 225 g/mol. The molecule has 4 nitrogen and oxygen atoms in total. The van der Waals surface area contributed by atoms with Gasteiger partial charge in [-0.3, -0.25) is 4.79 Å². The topological polar surface area (TPSA) is 51.5 Å². The van der Waals surface area contributed by atoms with Crippen molar-refractivity contribution >= 4 is 5.97 Å². The maximum absolute atomic E-state index is 10.5. The molecule has 4 heteroatoms. The molecular formula is C12H19NO3. The van der Waals surface area contributed by atoms with Gasteiger partial charge in [-0.2, -0.15) is 0 Å². The molecule has 0 aliphatic heterocycles. The van der Waals surface area contributed by atoms with Gasteiger partial charge in [0.15, 0.2) is 0 Å². The Morgan fingerprint density at radius 3 is 2.75 bits per heavy atom. The van der Waals surface area contributed by atoms with Gasteiger partial charge in [0.25, 0.3) is 0 Å². The van der Waals surface area contributed by atoms with Crippen LogP contribution in [-0.4, -0.2) is 29.4 Å². The van der Waals surface area contributed by atoms with E-state index in [1.165, 1.54) is 0 Å². The quantitative estimate of drug-likeness (QED) is 0.802. The number of hydrogen-bond donors (Lipinski definition) is 1. The van der Waals surface area contributed by atoms with Crippen molar-refractivity contribution in [3.8, 4) is 0 Å². The van der Waals surface area contributed by atoms with E-state index >= 15 is 0 Å². The summed E-state index contributed by atoms with van der Waals surface area (Å²) in [7, 11) is 1.68. The Morgan fingerprint density at radius 1 is 1.50 bits per heavy atom. The first-order chi connectivity index (χ1) is 7.56. The fourth-order valence-corrected chi connectivity index (χ4v) is 1.89. The molecule has 0 saturated heterocycles. The van der Waals surface area contributed by atoms with Crippen LogP contribution in [0.15, 0.2) is 6.07 Å². The van der Waals surface area contributed by atoms with Crippen LogP contribution in [0, 0.1) is 13.8 Å². The third-order valence-electron chi connectivity index (χ3n) is 2.81. The van der Waals surface area contributed by atoms with Crippen molar-refractivity contribution in [2.24, 2.45) is 0 Å². The molecule has 0 spiro atoms. The van der Waals surface area contributed by atoms with Crippen LogP contribution in [0.2, 0.25) is 0 Å². The lowest BCUT2D eigenvalue weighted by molar-refractivity contribution is -0.136. The lowest BCUT2D eigenvalue weighted by Gasteiger charge is -2.08. The summed E-state index contributed by atoms with van der Waals surface area (Å²) < 4.78 is 7.22. The largest absolute Gasteiger partial charge is 0.481 e. The van der Waals surface area contributed by atoms with Crippen LogP contribution in [0.1, 0.15) is 23.4 Å². The second kappa shape index (κ2) is 5.70. The first kappa shape index (κ1) is 12.8. The van der Waals surface area contributed by atoms with E-state index in [1.807, 2.05) is 13.8 Å². The zero-order chi connectivity index (χ0) is 12.1. The summed E-state index contributed by atoms with van der Waals surface area (Å²) >= 11 is 0. The number of aromatic nitrogens is 1. The summed E-state index contributed by atoms with van der Waals surface area (Å²) in [5.74, 6) is -0.748. The van der Waals surface area contributed by atoms with E-state index in [2.05, 4.69) is 10.6 Å². The molecule has 0 amide bonds. The van der Waals surface area contributed by atoms with Crippen LogP contribution < -0.4 is 0 Å². The van der Waals surface area contributed by atoms with Gasteiger partial charge >= 0.3 is 5.97 Å². The van der Waals surface area contributed by atoms with Gasteiger partial charge < -0.3 is 14.4 Å². The number of carboxylic acid groups (broad SMARTS) is 1. The monoisotopic (exact) mass is 225 g/mol. The molecule has 0 bridgehead atoms. The minimum atomic E-state index is -0.748. The van der Waals surface area contributed by atoms with E-state index in [4.69, 9.17) is 9.84 Å². The molecule has 0 fully saturated rings. The Labute approximate surface area is 95.8 Å². The molecule has 16 heavy (non-hydrogen) atoms. The van der Waals surface area contributed by atoms with E-state index in [1.54, 1.807) is 7.11 Å². The second-order valence-electron chi connectivity index (χ2n) is 3.93. The normalized spacial score (nSPS) is 10.7. The first-order valence-corrected chi connectivity index (χ1v) is 5.42. The average Bonchev–Trinajstić information content (AvgIpc) is 2.49. The molecule has 1 N–H and O–H groups in total. The lowest BCUT2D eigenvalue weighted by Crippen LogP contribution is -2.08. The number of ether oxygens (including phenoxy) is 1. The Morgan fingerprint density at radius 2 is 2.19 bits per heavy atom. The predicted molar refractivity (Wildman–Crippen MR) is 61.7 cm³/mol. The van der Waals surface area contributed by atoms with Gasteiger partial charge in [-0.05, 0) is 31.9 Å². The second-order valence-corrected chi connectivity index (χ2v) is 3.93. The Hall–Kier alpha value is -1.29. The summed E-state index contributed by atoms with van der Waals surface area (Å²) in [4.78, 5) is 10.5. The van der Waals surface area contributed by atoms with Crippen molar-refractivity contribution in [1.82, 2.24) is 4.57 Å². The van der Waals surface area contributed by atoms with Crippen molar-refractivity contribution in [3.05, 3.63) is 23.0 Å². The molecule has 0 unspecified atom stereocenters. The fraction of sp³-hybridized carbons (Fsp3) is 0.583. The van der Waals surface area contributed by atoms with Crippen LogP contribution >= 0.6 is 0 Å². The molecule has 1 rings (SSSR count). The third kappa shape index (κ3) is 3.10. The highest BCUT2D eigenvalue weighted by molar-refractivity contribution is 5.67. The Balaban J connectivity index is 2.75. The number of aliphatic carboxylic acids is 1. The minimum Gasteiger partial charge on any atom is -0.481 e. The van der Waals surface area contributed by atoms with Crippen molar-refractivity contribution < 1.29 is 14.6 Å². The molecule has 1 aromatic rings. The SMILES string of the molecule is COCCn1c(C)cc(CCC(=O)O)c1C. The van der Waals surface area contributed by atoms with Crippen LogP contribution in [0.3, 0.4) is 0 Å². The van der Waals surface area contributed by atoms with Crippen molar-refractivity contribution in [2.75, 3.05) is 13.7 Å². The van der Waals surface area contributed by atoms with Crippen LogP contribution in [0.4, 0.5) is 0 Å². The van der Waals surface area contributed by atoms with Crippen molar-refractivity contribution in [2.45, 2.75) is 33.2 Å². The molecule has 0 saturated carbocycles. The fourth-order valence-electron chi connectivity index (χ4n) is 1.89. The summed E-state index contributed by atoms with van der Waals surface area (Å²) in [6, 6.07) is 2.06. The number of rotatable bonds is 6. The van der Waals surface area contributed by atoms with E-state index in [0.717, 1.165) is 23.5 Å². The number of nitrogens with zero attached hydrogens (tertiary/aromatic N) is 1. The van der Waals surface area contributed by atoms with Gasteiger partial charge in [-0.1, -0.05) is 0 Å². The Bertz CT molecular complexity index is 369. The summed E-state index contributed by atoms with van der Waals surface area (Å²) in [5, 5.41) is 8.66. The predicted octanol–water partition coefficient (Wildman–Crippen LogP) is 1.77. The van der Waals surface area contributed by atoms with Crippen molar-refractivity contribution in [3.63, 3.8) is 0 Å². The minimum absolute atomic E-state index is 0.189. The van der Waals surface area contributed by atoms with Crippen molar-refractivity contribution in [1.29, 1.82) is 0 Å². The lowest BCUT2D eigenvalue weighted by atomic mass is 10.1. The van der Waals surface area contributed by atoms with E-state index in [0.29, 0.717) is 13.0 Å². The number of carbonyl (C=O) groups is 1. The summed E-state index contributed by atoms with van der Waals surface area (Å²) in [5.41, 5.74) is 3.43. The van der Waals surface area contributed by atoms with Gasteiger partial charge in [0, 0.05) is 31.5 Å². The molecular weight excluding hydrogens is 206 g/mol. The number of carboxylic acids is 1. The van der Waals surface area contributed by atoms with Gasteiger partial charge in [-0.25, -0.2) is 0 Å². The molecule has 0 aliphatic carbocycles. The number of hydrogen-bond acceptors (Lipinski definition) is 2. The highest BCUT2D eigenvalue weighted by Crippen LogP contribution is 2.16. The number of methoxy groups -OCH3 is 1. The zero-order valence-electron chi connectivity index (χ0n) is 10.1. The van der Waals surface area contributed by atoms with Crippen LogP contribution in [0.5, 0.6) is 0 Å². The van der Waals surface area contributed by atoms with Gasteiger partial charge in [0.2, 0.25) is 0 Å². The van der Waals surface area contributed by atoms with Gasteiger partial charge in [0.05, 0.1) is 6.61 Å². The van der Waals surface area contributed by atoms with Gasteiger partial charge in [-0.15, -0.1) is 0 Å². The highest BCUT2D eigenvalue weighted by Gasteiger charge is 2.09. The summed E-state index contributed by atoms with van der Waals surface area (Å²) in [6.45, 7) is 5.56. The third-order valence-corrected chi connectivity index (χ3v) is 2.81. The maximum atomic E-state index is 10.5. The molecule has 1 heterocycles. The Kier molecular flexibility index (Phi) is 4.55. The standard InChI is InChI=1S/C12H19NO3/c1-9-8-11(4-5-12(14)15)10(2)13(9)6-7-16-3/h8H,4-7H2,1-3H3,(H,14,15). The van der Waals surface area contributed by atoms with E-state index < -0.39 is 5.97 Å². The summed E-state index contributed by atoms with van der Waals surface area (Å²) in [6.07, 6.45) is 0.788. The van der Waals surface area contributed by atoms with E-state index in [-0.39, 0.29) is 6.42 Å². The highest BCUT2D eigenvalue weighted by atomic mass is 16.5. The van der Waals surface area contributed by atoms with Crippen LogP contribution in [0.25, 0.3) is 0 Å². The molecule has 0 aliphatic rings. The zero-order valence-corrected chi connectivity index (χ0v) is 10.1. The first-order valence-electron chi connectivity index (χ1n) is 5.42. The smallest absolute Gasteiger partial charge is 0.303 e.